The number of hydrogen-bond donors (Lipinski definition) is 3. The minimum Gasteiger partial charge on any atom is -0.360 e. The molecule has 2 atom stereocenters. The van der Waals surface area contributed by atoms with E-state index < -0.39 is 0 Å². The number of H-pyrrole nitrogens is 1. The van der Waals surface area contributed by atoms with Crippen LogP contribution in [0.4, 0.5) is 0 Å². The Hall–Kier alpha value is -2.09. The van der Waals surface area contributed by atoms with Crippen molar-refractivity contribution in [1.29, 1.82) is 0 Å². The van der Waals surface area contributed by atoms with Gasteiger partial charge in [-0.2, -0.15) is 0 Å². The summed E-state index contributed by atoms with van der Waals surface area (Å²) in [6.45, 7) is 8.75. The number of carbonyl (C=O) groups excluding carboxylic acids is 2. The molecule has 192 valence electrons. The molecule has 0 aliphatic carbocycles. The lowest BCUT2D eigenvalue weighted by atomic mass is 9.98. The SMILES string of the molecule is CC(C)N[C@H](CCCCN1CCCCC1)C(=O)N1CCC1C(=O)NCc1ccc2[nH]cc(Cl)c2c1. The van der Waals surface area contributed by atoms with Crippen LogP contribution in [0.15, 0.2) is 24.4 Å². The van der Waals surface area contributed by atoms with Crippen LogP contribution in [0.2, 0.25) is 5.02 Å². The second kappa shape index (κ2) is 12.2. The van der Waals surface area contributed by atoms with E-state index in [1.165, 1.54) is 32.4 Å². The van der Waals surface area contributed by atoms with Gasteiger partial charge >= 0.3 is 0 Å². The molecule has 35 heavy (non-hydrogen) atoms. The number of benzene rings is 1. The topological polar surface area (TPSA) is 80.5 Å². The van der Waals surface area contributed by atoms with Crippen molar-refractivity contribution in [2.24, 2.45) is 0 Å². The number of aromatic nitrogens is 1. The van der Waals surface area contributed by atoms with Crippen molar-refractivity contribution in [3.05, 3.63) is 35.0 Å². The highest BCUT2D eigenvalue weighted by Crippen LogP contribution is 2.24. The molecule has 1 aromatic heterocycles. The molecule has 1 aromatic carbocycles. The molecule has 3 N–H and O–H groups in total. The number of unbranched alkanes of at least 4 members (excludes halogenated alkanes) is 1. The molecule has 0 bridgehead atoms. The second-order valence-electron chi connectivity index (χ2n) is 10.3. The van der Waals surface area contributed by atoms with Crippen molar-refractivity contribution in [1.82, 2.24) is 25.4 Å². The molecule has 2 fully saturated rings. The van der Waals surface area contributed by atoms with E-state index in [1.807, 2.05) is 18.2 Å². The number of nitrogens with zero attached hydrogens (tertiary/aromatic N) is 2. The Morgan fingerprint density at radius 3 is 2.66 bits per heavy atom. The van der Waals surface area contributed by atoms with Gasteiger partial charge in [-0.1, -0.05) is 44.4 Å². The molecule has 0 radical (unpaired) electrons. The van der Waals surface area contributed by atoms with E-state index in [4.69, 9.17) is 11.6 Å². The van der Waals surface area contributed by atoms with E-state index in [1.54, 1.807) is 11.1 Å². The Balaban J connectivity index is 1.27. The first-order chi connectivity index (χ1) is 16.9. The van der Waals surface area contributed by atoms with Gasteiger partial charge in [-0.25, -0.2) is 0 Å². The lowest BCUT2D eigenvalue weighted by Crippen LogP contribution is -2.62. The van der Waals surface area contributed by atoms with Crippen LogP contribution in [0.3, 0.4) is 0 Å². The van der Waals surface area contributed by atoms with Gasteiger partial charge in [0.2, 0.25) is 11.8 Å². The van der Waals surface area contributed by atoms with Crippen LogP contribution < -0.4 is 10.6 Å². The maximum atomic E-state index is 13.4. The number of rotatable bonds is 11. The number of likely N-dealkylation sites (tertiary alicyclic amines) is 2. The van der Waals surface area contributed by atoms with Crippen LogP contribution in [0.25, 0.3) is 10.9 Å². The fourth-order valence-electron chi connectivity index (χ4n) is 5.22. The number of amides is 2. The van der Waals surface area contributed by atoms with Gasteiger partial charge in [0.15, 0.2) is 0 Å². The van der Waals surface area contributed by atoms with E-state index in [-0.39, 0.29) is 29.9 Å². The number of piperidine rings is 1. The van der Waals surface area contributed by atoms with Crippen LogP contribution in [-0.4, -0.2) is 70.9 Å². The number of carbonyl (C=O) groups is 2. The van der Waals surface area contributed by atoms with Gasteiger partial charge in [-0.05, 0) is 69.4 Å². The number of hydrogen-bond acceptors (Lipinski definition) is 4. The summed E-state index contributed by atoms with van der Waals surface area (Å²) in [6, 6.07) is 5.54. The Labute approximate surface area is 213 Å². The minimum absolute atomic E-state index is 0.0589. The van der Waals surface area contributed by atoms with E-state index in [9.17, 15) is 9.59 Å². The number of fused-ring (bicyclic) bond motifs is 1. The van der Waals surface area contributed by atoms with Gasteiger partial charge in [0.25, 0.3) is 0 Å². The Bertz CT molecular complexity index is 1000. The lowest BCUT2D eigenvalue weighted by Gasteiger charge is -2.42. The fraction of sp³-hybridized carbons (Fsp3) is 0.630. The van der Waals surface area contributed by atoms with Crippen molar-refractivity contribution in [3.63, 3.8) is 0 Å². The Kier molecular flexibility index (Phi) is 9.09. The molecule has 4 rings (SSSR count). The third-order valence-corrected chi connectivity index (χ3v) is 7.58. The zero-order valence-electron chi connectivity index (χ0n) is 21.1. The maximum absolute atomic E-state index is 13.4. The molecule has 2 aliphatic heterocycles. The highest BCUT2D eigenvalue weighted by molar-refractivity contribution is 6.35. The van der Waals surface area contributed by atoms with Crippen molar-refractivity contribution < 1.29 is 9.59 Å². The van der Waals surface area contributed by atoms with Crippen molar-refractivity contribution >= 4 is 34.3 Å². The largest absolute Gasteiger partial charge is 0.360 e. The first-order valence-corrected chi connectivity index (χ1v) is 13.6. The Morgan fingerprint density at radius 1 is 1.14 bits per heavy atom. The van der Waals surface area contributed by atoms with Crippen LogP contribution in [0.1, 0.15) is 64.4 Å². The molecule has 2 saturated heterocycles. The summed E-state index contributed by atoms with van der Waals surface area (Å²) in [6.07, 6.45) is 9.39. The zero-order chi connectivity index (χ0) is 24.8. The molecule has 8 heteroatoms. The fourth-order valence-corrected chi connectivity index (χ4v) is 5.43. The molecule has 0 saturated carbocycles. The van der Waals surface area contributed by atoms with E-state index in [0.29, 0.717) is 24.5 Å². The molecule has 2 aliphatic rings. The summed E-state index contributed by atoms with van der Waals surface area (Å²) in [5.74, 6) is -0.0261. The van der Waals surface area contributed by atoms with Crippen LogP contribution in [0.5, 0.6) is 0 Å². The highest BCUT2D eigenvalue weighted by Gasteiger charge is 2.40. The average Bonchev–Trinajstić information content (AvgIpc) is 3.19. The molecule has 0 spiro atoms. The first-order valence-electron chi connectivity index (χ1n) is 13.2. The monoisotopic (exact) mass is 501 g/mol. The molecule has 1 unspecified atom stereocenters. The van der Waals surface area contributed by atoms with Crippen molar-refractivity contribution in [3.8, 4) is 0 Å². The summed E-state index contributed by atoms with van der Waals surface area (Å²) >= 11 is 6.22. The van der Waals surface area contributed by atoms with Crippen LogP contribution in [0, 0.1) is 0 Å². The quantitative estimate of drug-likeness (QED) is 0.405. The number of nitrogens with one attached hydrogen (secondary N) is 3. The summed E-state index contributed by atoms with van der Waals surface area (Å²) in [7, 11) is 0. The van der Waals surface area contributed by atoms with E-state index >= 15 is 0 Å². The molecule has 3 heterocycles. The smallest absolute Gasteiger partial charge is 0.243 e. The van der Waals surface area contributed by atoms with Crippen molar-refractivity contribution in [2.45, 2.75) is 83.5 Å². The maximum Gasteiger partial charge on any atom is 0.243 e. The minimum atomic E-state index is -0.383. The van der Waals surface area contributed by atoms with Crippen LogP contribution >= 0.6 is 11.6 Å². The van der Waals surface area contributed by atoms with Gasteiger partial charge < -0.3 is 25.4 Å². The van der Waals surface area contributed by atoms with Crippen molar-refractivity contribution in [2.75, 3.05) is 26.2 Å². The van der Waals surface area contributed by atoms with Crippen LogP contribution in [-0.2, 0) is 16.1 Å². The van der Waals surface area contributed by atoms with Gasteiger partial charge in [-0.3, -0.25) is 9.59 Å². The molecule has 2 amide bonds. The number of halogens is 1. The predicted octanol–water partition coefficient (Wildman–Crippen LogP) is 4.06. The lowest BCUT2D eigenvalue weighted by molar-refractivity contribution is -0.149. The first kappa shape index (κ1) is 26.0. The second-order valence-corrected chi connectivity index (χ2v) is 10.7. The van der Waals surface area contributed by atoms with E-state index in [0.717, 1.165) is 42.3 Å². The predicted molar refractivity (Wildman–Crippen MR) is 141 cm³/mol. The molecule has 7 nitrogen and oxygen atoms in total. The summed E-state index contributed by atoms with van der Waals surface area (Å²) < 4.78 is 0. The number of aromatic amines is 1. The normalized spacial score (nSPS) is 19.7. The summed E-state index contributed by atoms with van der Waals surface area (Å²) in [5, 5.41) is 8.09. The molecular weight excluding hydrogens is 462 g/mol. The summed E-state index contributed by atoms with van der Waals surface area (Å²) in [5.41, 5.74) is 1.96. The van der Waals surface area contributed by atoms with Gasteiger partial charge in [0, 0.05) is 36.2 Å². The van der Waals surface area contributed by atoms with E-state index in [2.05, 4.69) is 34.4 Å². The molecular formula is C27H40ClN5O2. The standard InChI is InChI=1S/C27H40ClN5O2/c1-19(2)31-24(8-4-7-14-32-12-5-3-6-13-32)27(35)33-15-11-25(33)26(34)30-17-20-9-10-23-21(16-20)22(28)18-29-23/h9-10,16,18-19,24-25,29,31H,3-8,11-15,17H2,1-2H3,(H,30,34)/t24-,25?/m1/s1. The van der Waals surface area contributed by atoms with Gasteiger partial charge in [0.1, 0.15) is 6.04 Å². The van der Waals surface area contributed by atoms with Gasteiger partial charge in [0.05, 0.1) is 11.1 Å². The average molecular weight is 502 g/mol. The highest BCUT2D eigenvalue weighted by atomic mass is 35.5. The van der Waals surface area contributed by atoms with Gasteiger partial charge in [-0.15, -0.1) is 0 Å². The Morgan fingerprint density at radius 2 is 1.94 bits per heavy atom. The molecule has 2 aromatic rings. The third kappa shape index (κ3) is 6.78. The third-order valence-electron chi connectivity index (χ3n) is 7.27. The zero-order valence-corrected chi connectivity index (χ0v) is 21.9. The summed E-state index contributed by atoms with van der Waals surface area (Å²) in [4.78, 5) is 33.7.